The summed E-state index contributed by atoms with van der Waals surface area (Å²) in [7, 11) is 0. The van der Waals surface area contributed by atoms with Crippen molar-refractivity contribution in [2.24, 2.45) is 0 Å². The van der Waals surface area contributed by atoms with Gasteiger partial charge in [0.25, 0.3) is 5.91 Å². The highest BCUT2D eigenvalue weighted by atomic mass is 19.1. The molecule has 126 valence electrons. The van der Waals surface area contributed by atoms with Gasteiger partial charge in [0.05, 0.1) is 11.1 Å². The van der Waals surface area contributed by atoms with Crippen molar-refractivity contribution < 1.29 is 18.7 Å². The summed E-state index contributed by atoms with van der Waals surface area (Å²) < 4.78 is 24.0. The zero-order chi connectivity index (χ0) is 17.4. The van der Waals surface area contributed by atoms with Gasteiger partial charge >= 0.3 is 0 Å². The molecule has 1 N–H and O–H groups in total. The Labute approximate surface area is 143 Å². The average molecular weight is 338 g/mol. The molecule has 1 aromatic heterocycles. The summed E-state index contributed by atoms with van der Waals surface area (Å²) in [4.78, 5) is 16.9. The highest BCUT2D eigenvalue weighted by molar-refractivity contribution is 6.06. The van der Waals surface area contributed by atoms with Gasteiger partial charge in [-0.05, 0) is 42.8 Å². The predicted octanol–water partition coefficient (Wildman–Crippen LogP) is 3.34. The number of aryl methyl sites for hydroxylation is 1. The zero-order valence-electron chi connectivity index (χ0n) is 13.5. The van der Waals surface area contributed by atoms with E-state index < -0.39 is 0 Å². The number of carbonyl (C=O) groups is 1. The van der Waals surface area contributed by atoms with E-state index in [0.29, 0.717) is 40.2 Å². The second-order valence-electron chi connectivity index (χ2n) is 5.84. The molecule has 0 radical (unpaired) electrons. The average Bonchev–Trinajstić information content (AvgIpc) is 3.06. The van der Waals surface area contributed by atoms with Crippen LogP contribution in [-0.2, 0) is 6.54 Å². The monoisotopic (exact) mass is 338 g/mol. The number of fused-ring (bicyclic) bond motifs is 2. The molecular formula is C19H15FN2O3. The highest BCUT2D eigenvalue weighted by Crippen LogP contribution is 2.32. The maximum absolute atomic E-state index is 13.4. The van der Waals surface area contributed by atoms with Crippen molar-refractivity contribution in [2.75, 3.05) is 6.79 Å². The number of pyridine rings is 1. The Bertz CT molecular complexity index is 983. The van der Waals surface area contributed by atoms with Gasteiger partial charge in [-0.25, -0.2) is 4.39 Å². The first-order valence-corrected chi connectivity index (χ1v) is 7.84. The van der Waals surface area contributed by atoms with Crippen LogP contribution in [-0.4, -0.2) is 17.7 Å². The summed E-state index contributed by atoms with van der Waals surface area (Å²) in [6, 6.07) is 11.5. The summed E-state index contributed by atoms with van der Waals surface area (Å²) in [6.07, 6.45) is 0. The van der Waals surface area contributed by atoms with Crippen LogP contribution < -0.4 is 14.8 Å². The third-order valence-electron chi connectivity index (χ3n) is 4.03. The van der Waals surface area contributed by atoms with Gasteiger partial charge in [0.2, 0.25) is 6.79 Å². The van der Waals surface area contributed by atoms with Gasteiger partial charge < -0.3 is 14.8 Å². The fourth-order valence-corrected chi connectivity index (χ4v) is 2.85. The maximum Gasteiger partial charge on any atom is 0.252 e. The lowest BCUT2D eigenvalue weighted by Gasteiger charge is -2.10. The van der Waals surface area contributed by atoms with Crippen molar-refractivity contribution >= 4 is 16.8 Å². The van der Waals surface area contributed by atoms with Crippen molar-refractivity contribution in [1.29, 1.82) is 0 Å². The van der Waals surface area contributed by atoms with E-state index in [1.54, 1.807) is 19.1 Å². The standard InChI is InChI=1S/C19H15FN2O3/c1-11-6-15(14-4-3-13(20)8-16(14)22-11)19(23)21-9-12-2-5-17-18(7-12)25-10-24-17/h2-8H,9-10H2,1H3,(H,21,23). The molecule has 1 amide bonds. The maximum atomic E-state index is 13.4. The van der Waals surface area contributed by atoms with Gasteiger partial charge in [0, 0.05) is 23.7 Å². The van der Waals surface area contributed by atoms with Gasteiger partial charge in [-0.15, -0.1) is 0 Å². The number of carbonyl (C=O) groups excluding carboxylic acids is 1. The Kier molecular flexibility index (Phi) is 3.72. The lowest BCUT2D eigenvalue weighted by Crippen LogP contribution is -2.23. The van der Waals surface area contributed by atoms with Gasteiger partial charge in [-0.3, -0.25) is 9.78 Å². The number of hydrogen-bond donors (Lipinski definition) is 1. The quantitative estimate of drug-likeness (QED) is 0.796. The minimum Gasteiger partial charge on any atom is -0.454 e. The lowest BCUT2D eigenvalue weighted by atomic mass is 10.1. The molecule has 0 fully saturated rings. The van der Waals surface area contributed by atoms with E-state index in [-0.39, 0.29) is 18.5 Å². The molecule has 0 aliphatic carbocycles. The van der Waals surface area contributed by atoms with Crippen molar-refractivity contribution in [2.45, 2.75) is 13.5 Å². The Hall–Kier alpha value is -3.15. The first-order chi connectivity index (χ1) is 12.1. The Balaban J connectivity index is 1.58. The smallest absolute Gasteiger partial charge is 0.252 e. The van der Waals surface area contributed by atoms with E-state index in [1.165, 1.54) is 12.1 Å². The first-order valence-electron chi connectivity index (χ1n) is 7.84. The summed E-state index contributed by atoms with van der Waals surface area (Å²) >= 11 is 0. The number of nitrogens with one attached hydrogen (secondary N) is 1. The minimum absolute atomic E-state index is 0.212. The SMILES string of the molecule is Cc1cc(C(=O)NCc2ccc3c(c2)OCO3)c2ccc(F)cc2n1. The van der Waals surface area contributed by atoms with Crippen molar-refractivity contribution in [3.8, 4) is 11.5 Å². The normalized spacial score (nSPS) is 12.4. The Morgan fingerprint density at radius 3 is 2.88 bits per heavy atom. The molecule has 0 bridgehead atoms. The van der Waals surface area contributed by atoms with Crippen LogP contribution >= 0.6 is 0 Å². The summed E-state index contributed by atoms with van der Waals surface area (Å²) in [6.45, 7) is 2.34. The molecule has 0 saturated carbocycles. The number of hydrogen-bond acceptors (Lipinski definition) is 4. The first kappa shape index (κ1) is 15.4. The van der Waals surface area contributed by atoms with E-state index in [0.717, 1.165) is 5.56 Å². The van der Waals surface area contributed by atoms with Crippen LogP contribution in [0.25, 0.3) is 10.9 Å². The summed E-state index contributed by atoms with van der Waals surface area (Å²) in [5, 5.41) is 3.50. The zero-order valence-corrected chi connectivity index (χ0v) is 13.5. The number of amides is 1. The van der Waals surface area contributed by atoms with E-state index >= 15 is 0 Å². The topological polar surface area (TPSA) is 60.5 Å². The minimum atomic E-state index is -0.377. The molecule has 0 unspecified atom stereocenters. The second-order valence-corrected chi connectivity index (χ2v) is 5.84. The third kappa shape index (κ3) is 2.98. The molecule has 0 atom stereocenters. The largest absolute Gasteiger partial charge is 0.454 e. The molecule has 2 aromatic carbocycles. The van der Waals surface area contributed by atoms with Crippen LogP contribution in [0.1, 0.15) is 21.6 Å². The molecule has 1 aliphatic heterocycles. The summed E-state index contributed by atoms with van der Waals surface area (Å²) in [5.41, 5.74) is 2.50. The van der Waals surface area contributed by atoms with Crippen LogP contribution in [0.3, 0.4) is 0 Å². The number of ether oxygens (including phenoxy) is 2. The highest BCUT2D eigenvalue weighted by Gasteiger charge is 2.15. The van der Waals surface area contributed by atoms with Crippen LogP contribution in [0, 0.1) is 12.7 Å². The number of rotatable bonds is 3. The third-order valence-corrected chi connectivity index (χ3v) is 4.03. The molecule has 6 heteroatoms. The fraction of sp³-hybridized carbons (Fsp3) is 0.158. The van der Waals surface area contributed by atoms with E-state index in [4.69, 9.17) is 9.47 Å². The number of aromatic nitrogens is 1. The Morgan fingerprint density at radius 2 is 2.00 bits per heavy atom. The number of benzene rings is 2. The van der Waals surface area contributed by atoms with Gasteiger partial charge in [-0.1, -0.05) is 6.07 Å². The molecule has 3 aromatic rings. The van der Waals surface area contributed by atoms with Crippen LogP contribution in [0.2, 0.25) is 0 Å². The molecule has 5 nitrogen and oxygen atoms in total. The molecule has 1 aliphatic rings. The van der Waals surface area contributed by atoms with Crippen molar-refractivity contribution in [3.63, 3.8) is 0 Å². The van der Waals surface area contributed by atoms with E-state index in [2.05, 4.69) is 10.3 Å². The molecule has 2 heterocycles. The molecule has 0 saturated heterocycles. The number of nitrogens with zero attached hydrogens (tertiary/aromatic N) is 1. The number of halogens is 1. The predicted molar refractivity (Wildman–Crippen MR) is 90.2 cm³/mol. The van der Waals surface area contributed by atoms with Gasteiger partial charge in [0.1, 0.15) is 5.82 Å². The van der Waals surface area contributed by atoms with Crippen molar-refractivity contribution in [1.82, 2.24) is 10.3 Å². The Morgan fingerprint density at radius 1 is 1.16 bits per heavy atom. The second kappa shape index (κ2) is 6.05. The van der Waals surface area contributed by atoms with E-state index in [9.17, 15) is 9.18 Å². The molecule has 25 heavy (non-hydrogen) atoms. The van der Waals surface area contributed by atoms with Gasteiger partial charge in [0.15, 0.2) is 11.5 Å². The van der Waals surface area contributed by atoms with Crippen molar-refractivity contribution in [3.05, 3.63) is 65.1 Å². The molecule has 0 spiro atoms. The van der Waals surface area contributed by atoms with Crippen LogP contribution in [0.5, 0.6) is 11.5 Å². The fourth-order valence-electron chi connectivity index (χ4n) is 2.85. The lowest BCUT2D eigenvalue weighted by molar-refractivity contribution is 0.0952. The summed E-state index contributed by atoms with van der Waals surface area (Å²) in [5.74, 6) is 0.761. The molecular weight excluding hydrogens is 323 g/mol. The van der Waals surface area contributed by atoms with Gasteiger partial charge in [-0.2, -0.15) is 0 Å². The van der Waals surface area contributed by atoms with E-state index in [1.807, 2.05) is 18.2 Å². The van der Waals surface area contributed by atoms with Crippen LogP contribution in [0.4, 0.5) is 4.39 Å². The molecule has 4 rings (SSSR count). The van der Waals surface area contributed by atoms with Crippen LogP contribution in [0.15, 0.2) is 42.5 Å².